The van der Waals surface area contributed by atoms with Crippen molar-refractivity contribution < 1.29 is 9.90 Å². The molecular weight excluding hydrogens is 214 g/mol. The maximum absolute atomic E-state index is 10.5. The molecule has 1 atom stereocenters. The zero-order valence-electron chi connectivity index (χ0n) is 8.20. The quantitative estimate of drug-likeness (QED) is 0.857. The summed E-state index contributed by atoms with van der Waals surface area (Å²) in [4.78, 5) is 10.5. The molecule has 1 aromatic rings. The smallest absolute Gasteiger partial charge is 0.305 e. The van der Waals surface area contributed by atoms with Crippen LogP contribution < -0.4 is 0 Å². The summed E-state index contributed by atoms with van der Waals surface area (Å²) in [6.45, 7) is 1.81. The minimum atomic E-state index is -0.976. The van der Waals surface area contributed by atoms with Gasteiger partial charge in [-0.3, -0.25) is 4.79 Å². The van der Waals surface area contributed by atoms with Crippen LogP contribution in [0.15, 0.2) is 18.2 Å². The van der Waals surface area contributed by atoms with Crippen molar-refractivity contribution in [2.24, 2.45) is 0 Å². The maximum atomic E-state index is 10.5. The molecule has 0 aliphatic heterocycles. The van der Waals surface area contributed by atoms with Crippen molar-refractivity contribution in [2.45, 2.75) is 19.3 Å². The summed E-state index contributed by atoms with van der Waals surface area (Å²) in [7, 11) is 0. The van der Waals surface area contributed by atoms with Crippen molar-refractivity contribution in [1.82, 2.24) is 0 Å². The van der Waals surface area contributed by atoms with Gasteiger partial charge in [0.2, 0.25) is 0 Å². The zero-order chi connectivity index (χ0) is 11.4. The average molecular weight is 224 g/mol. The molecule has 4 heteroatoms. The Bertz CT molecular complexity index is 423. The lowest BCUT2D eigenvalue weighted by Gasteiger charge is -2.10. The molecule has 0 radical (unpaired) electrons. The van der Waals surface area contributed by atoms with Crippen LogP contribution in [0.3, 0.4) is 0 Å². The number of hydrogen-bond donors (Lipinski definition) is 1. The monoisotopic (exact) mass is 223 g/mol. The Morgan fingerprint density at radius 2 is 2.33 bits per heavy atom. The lowest BCUT2D eigenvalue weighted by molar-refractivity contribution is -0.137. The molecule has 0 aliphatic carbocycles. The normalized spacial score (nSPS) is 11.8. The summed E-state index contributed by atoms with van der Waals surface area (Å²) in [5.41, 5.74) is 1.57. The molecule has 0 saturated heterocycles. The summed E-state index contributed by atoms with van der Waals surface area (Å²) in [5.74, 6) is -1.59. The predicted molar refractivity (Wildman–Crippen MR) is 56.8 cm³/mol. The van der Waals surface area contributed by atoms with Crippen LogP contribution in [0.2, 0.25) is 5.02 Å². The molecule has 3 nitrogen and oxygen atoms in total. The number of hydrogen-bond acceptors (Lipinski definition) is 2. The molecule has 1 rings (SSSR count). The van der Waals surface area contributed by atoms with Crippen molar-refractivity contribution in [3.63, 3.8) is 0 Å². The summed E-state index contributed by atoms with van der Waals surface area (Å²) in [6, 6.07) is 7.08. The standard InChI is InChI=1S/C11H10ClNO2/c1-7-4-9(12)2-3-10(7)8(6-13)5-11(14)15/h2-4,8H,5H2,1H3,(H,14,15). The van der Waals surface area contributed by atoms with Gasteiger partial charge in [-0.1, -0.05) is 17.7 Å². The predicted octanol–water partition coefficient (Wildman–Crippen LogP) is 2.73. The van der Waals surface area contributed by atoms with Crippen molar-refractivity contribution in [3.8, 4) is 6.07 Å². The summed E-state index contributed by atoms with van der Waals surface area (Å²) in [5, 5.41) is 18.1. The number of aliphatic carboxylic acids is 1. The number of halogens is 1. The number of rotatable bonds is 3. The summed E-state index contributed by atoms with van der Waals surface area (Å²) < 4.78 is 0. The first-order valence-corrected chi connectivity index (χ1v) is 4.80. The second-order valence-corrected chi connectivity index (χ2v) is 3.72. The molecule has 1 unspecified atom stereocenters. The third-order valence-electron chi connectivity index (χ3n) is 2.14. The minimum absolute atomic E-state index is 0.182. The lowest BCUT2D eigenvalue weighted by atomic mass is 9.93. The maximum Gasteiger partial charge on any atom is 0.305 e. The second-order valence-electron chi connectivity index (χ2n) is 3.28. The Kier molecular flexibility index (Phi) is 3.70. The Morgan fingerprint density at radius 1 is 1.67 bits per heavy atom. The molecule has 0 bridgehead atoms. The first kappa shape index (κ1) is 11.5. The molecule has 15 heavy (non-hydrogen) atoms. The molecule has 0 fully saturated rings. The molecule has 0 saturated carbocycles. The van der Waals surface area contributed by atoms with Gasteiger partial charge in [0.25, 0.3) is 0 Å². The fraction of sp³-hybridized carbons (Fsp3) is 0.273. The number of carbonyl (C=O) groups is 1. The first-order chi connectivity index (χ1) is 7.04. The van der Waals surface area contributed by atoms with E-state index in [4.69, 9.17) is 22.0 Å². The molecule has 1 N–H and O–H groups in total. The van der Waals surface area contributed by atoms with E-state index < -0.39 is 11.9 Å². The van der Waals surface area contributed by atoms with Crippen LogP contribution in [0.5, 0.6) is 0 Å². The van der Waals surface area contributed by atoms with E-state index in [9.17, 15) is 4.79 Å². The van der Waals surface area contributed by atoms with Gasteiger partial charge >= 0.3 is 5.97 Å². The molecule has 1 aromatic carbocycles. The van der Waals surface area contributed by atoms with E-state index in [0.29, 0.717) is 5.02 Å². The van der Waals surface area contributed by atoms with Crippen molar-refractivity contribution in [3.05, 3.63) is 34.3 Å². The second kappa shape index (κ2) is 4.81. The highest BCUT2D eigenvalue weighted by Gasteiger charge is 2.16. The third-order valence-corrected chi connectivity index (χ3v) is 2.38. The largest absolute Gasteiger partial charge is 0.481 e. The van der Waals surface area contributed by atoms with Gasteiger partial charge in [-0.05, 0) is 30.2 Å². The summed E-state index contributed by atoms with van der Waals surface area (Å²) in [6.07, 6.45) is -0.182. The number of aryl methyl sites for hydroxylation is 1. The average Bonchev–Trinajstić information content (AvgIpc) is 2.14. The van der Waals surface area contributed by atoms with Gasteiger partial charge in [-0.15, -0.1) is 0 Å². The SMILES string of the molecule is Cc1cc(Cl)ccc1C(C#N)CC(=O)O. The van der Waals surface area contributed by atoms with Gasteiger partial charge in [-0.2, -0.15) is 5.26 Å². The van der Waals surface area contributed by atoms with Gasteiger partial charge in [0.15, 0.2) is 0 Å². The van der Waals surface area contributed by atoms with E-state index in [0.717, 1.165) is 11.1 Å². The molecule has 0 aliphatic rings. The van der Waals surface area contributed by atoms with Crippen molar-refractivity contribution in [1.29, 1.82) is 5.26 Å². The van der Waals surface area contributed by atoms with Crippen molar-refractivity contribution in [2.75, 3.05) is 0 Å². The van der Waals surface area contributed by atoms with E-state index in [-0.39, 0.29) is 6.42 Å². The van der Waals surface area contributed by atoms with E-state index in [1.807, 2.05) is 13.0 Å². The van der Waals surface area contributed by atoms with Crippen LogP contribution in [0.25, 0.3) is 0 Å². The molecule has 0 heterocycles. The third kappa shape index (κ3) is 2.97. The molecule has 0 spiro atoms. The van der Waals surface area contributed by atoms with Crippen LogP contribution in [0.4, 0.5) is 0 Å². The van der Waals surface area contributed by atoms with Gasteiger partial charge < -0.3 is 5.11 Å². The minimum Gasteiger partial charge on any atom is -0.481 e. The highest BCUT2D eigenvalue weighted by molar-refractivity contribution is 6.30. The molecule has 0 amide bonds. The fourth-order valence-corrected chi connectivity index (χ4v) is 1.66. The highest BCUT2D eigenvalue weighted by Crippen LogP contribution is 2.24. The van der Waals surface area contributed by atoms with Gasteiger partial charge in [0.1, 0.15) is 0 Å². The Hall–Kier alpha value is -1.53. The van der Waals surface area contributed by atoms with E-state index >= 15 is 0 Å². The molecular formula is C11H10ClNO2. The van der Waals surface area contributed by atoms with Crippen LogP contribution in [0.1, 0.15) is 23.5 Å². The highest BCUT2D eigenvalue weighted by atomic mass is 35.5. The Morgan fingerprint density at radius 3 is 2.80 bits per heavy atom. The number of benzene rings is 1. The van der Waals surface area contributed by atoms with E-state index in [1.165, 1.54) is 0 Å². The number of carboxylic acids is 1. The topological polar surface area (TPSA) is 61.1 Å². The van der Waals surface area contributed by atoms with Crippen LogP contribution in [-0.4, -0.2) is 11.1 Å². The number of carboxylic acid groups (broad SMARTS) is 1. The van der Waals surface area contributed by atoms with Gasteiger partial charge in [0, 0.05) is 5.02 Å². The fourth-order valence-electron chi connectivity index (χ4n) is 1.43. The van der Waals surface area contributed by atoms with Crippen molar-refractivity contribution >= 4 is 17.6 Å². The Balaban J connectivity index is 3.03. The molecule has 0 aromatic heterocycles. The summed E-state index contributed by atoms with van der Waals surface area (Å²) >= 11 is 5.77. The molecule has 78 valence electrons. The van der Waals surface area contributed by atoms with Crippen LogP contribution in [-0.2, 0) is 4.79 Å². The van der Waals surface area contributed by atoms with Crippen LogP contribution >= 0.6 is 11.6 Å². The van der Waals surface area contributed by atoms with Crippen LogP contribution in [0, 0.1) is 18.3 Å². The lowest BCUT2D eigenvalue weighted by Crippen LogP contribution is -2.05. The van der Waals surface area contributed by atoms with E-state index in [1.54, 1.807) is 18.2 Å². The first-order valence-electron chi connectivity index (χ1n) is 4.42. The number of nitrogens with zero attached hydrogens (tertiary/aromatic N) is 1. The van der Waals surface area contributed by atoms with E-state index in [2.05, 4.69) is 0 Å². The zero-order valence-corrected chi connectivity index (χ0v) is 8.95. The Labute approximate surface area is 92.9 Å². The number of nitriles is 1. The van der Waals surface area contributed by atoms with Gasteiger partial charge in [-0.25, -0.2) is 0 Å². The van der Waals surface area contributed by atoms with Gasteiger partial charge in [0.05, 0.1) is 18.4 Å².